The molecule has 0 aliphatic carbocycles. The number of aromatic nitrogens is 3. The summed E-state index contributed by atoms with van der Waals surface area (Å²) in [5.41, 5.74) is 7.42. The van der Waals surface area contributed by atoms with Crippen LogP contribution in [0.25, 0.3) is 71.8 Å². The molecule has 48 heavy (non-hydrogen) atoms. The van der Waals surface area contributed by atoms with Crippen LogP contribution in [-0.2, 0) is 9.31 Å². The predicted octanol–water partition coefficient (Wildman–Crippen LogP) is 9.51. The van der Waals surface area contributed by atoms with Crippen LogP contribution in [0.4, 0.5) is 0 Å². The second kappa shape index (κ2) is 10.6. The maximum Gasteiger partial charge on any atom is 0.494 e. The van der Waals surface area contributed by atoms with Crippen LogP contribution in [0.2, 0.25) is 0 Å². The zero-order chi connectivity index (χ0) is 32.6. The Balaban J connectivity index is 1.27. The van der Waals surface area contributed by atoms with Gasteiger partial charge in [-0.25, -0.2) is 9.97 Å². The first kappa shape index (κ1) is 28.9. The minimum absolute atomic E-state index is 0.429. The second-order valence-electron chi connectivity index (χ2n) is 13.7. The number of hydrogen-bond donors (Lipinski definition) is 0. The molecule has 0 radical (unpaired) electrons. The highest BCUT2D eigenvalue weighted by Crippen LogP contribution is 2.39. The number of rotatable bonds is 4. The zero-order valence-corrected chi connectivity index (χ0v) is 27.4. The lowest BCUT2D eigenvalue weighted by Gasteiger charge is -2.32. The summed E-state index contributed by atoms with van der Waals surface area (Å²) in [7, 11) is -0.463. The molecule has 8 aromatic rings. The summed E-state index contributed by atoms with van der Waals surface area (Å²) in [6, 6.07) is 46.8. The first-order valence-corrected chi connectivity index (χ1v) is 16.5. The Morgan fingerprint density at radius 3 is 1.94 bits per heavy atom. The summed E-state index contributed by atoms with van der Waals surface area (Å²) in [4.78, 5) is 10.5. The van der Waals surface area contributed by atoms with E-state index >= 15 is 0 Å². The summed E-state index contributed by atoms with van der Waals surface area (Å²) in [5.74, 6) is 0.634. The van der Waals surface area contributed by atoms with E-state index in [1.54, 1.807) is 0 Å². The number of nitrogens with zero attached hydrogens (tertiary/aromatic N) is 3. The van der Waals surface area contributed by atoms with Crippen LogP contribution in [0.3, 0.4) is 0 Å². The maximum absolute atomic E-state index is 6.49. The van der Waals surface area contributed by atoms with Crippen molar-refractivity contribution in [3.8, 4) is 28.3 Å². The highest BCUT2D eigenvalue weighted by Gasteiger charge is 2.51. The average molecular weight is 624 g/mol. The number of hydrogen-bond acceptors (Lipinski definition) is 4. The van der Waals surface area contributed by atoms with Gasteiger partial charge in [0.05, 0.1) is 33.4 Å². The number of para-hydroxylation sites is 1. The molecule has 0 spiro atoms. The minimum Gasteiger partial charge on any atom is -0.399 e. The molecule has 0 N–H and O–H groups in total. The van der Waals surface area contributed by atoms with Crippen molar-refractivity contribution in [2.24, 2.45) is 0 Å². The average Bonchev–Trinajstić information content (AvgIpc) is 3.56. The fourth-order valence-electron chi connectivity index (χ4n) is 6.98. The van der Waals surface area contributed by atoms with E-state index in [0.717, 1.165) is 49.4 Å². The Morgan fingerprint density at radius 2 is 1.17 bits per heavy atom. The van der Waals surface area contributed by atoms with Crippen LogP contribution >= 0.6 is 0 Å². The van der Waals surface area contributed by atoms with Crippen molar-refractivity contribution in [3.05, 3.63) is 133 Å². The lowest BCUT2D eigenvalue weighted by Crippen LogP contribution is -2.41. The van der Waals surface area contributed by atoms with E-state index in [1.807, 2.05) is 12.1 Å². The largest absolute Gasteiger partial charge is 0.494 e. The van der Waals surface area contributed by atoms with Gasteiger partial charge >= 0.3 is 7.12 Å². The molecule has 1 fully saturated rings. The number of benzene rings is 6. The molecule has 0 bridgehead atoms. The molecule has 2 aromatic heterocycles. The zero-order valence-electron chi connectivity index (χ0n) is 27.4. The lowest BCUT2D eigenvalue weighted by atomic mass is 9.78. The molecule has 3 heterocycles. The van der Waals surface area contributed by atoms with Crippen LogP contribution in [0.1, 0.15) is 27.7 Å². The van der Waals surface area contributed by atoms with E-state index < -0.39 is 18.3 Å². The van der Waals surface area contributed by atoms with Gasteiger partial charge in [0.1, 0.15) is 0 Å². The van der Waals surface area contributed by atoms with Gasteiger partial charge in [0.2, 0.25) is 5.95 Å². The van der Waals surface area contributed by atoms with Gasteiger partial charge < -0.3 is 9.31 Å². The van der Waals surface area contributed by atoms with Crippen molar-refractivity contribution in [1.82, 2.24) is 14.5 Å². The normalized spacial score (nSPS) is 15.6. The van der Waals surface area contributed by atoms with Gasteiger partial charge in [-0.1, -0.05) is 115 Å². The van der Waals surface area contributed by atoms with E-state index in [9.17, 15) is 0 Å². The van der Waals surface area contributed by atoms with Crippen molar-refractivity contribution in [2.45, 2.75) is 38.9 Å². The topological polar surface area (TPSA) is 49.2 Å². The van der Waals surface area contributed by atoms with Gasteiger partial charge in [-0.15, -0.1) is 0 Å². The molecule has 0 saturated carbocycles. The molecule has 6 heteroatoms. The molecule has 9 rings (SSSR count). The molecule has 1 aliphatic rings. The first-order chi connectivity index (χ1) is 23.3. The second-order valence-corrected chi connectivity index (χ2v) is 13.7. The van der Waals surface area contributed by atoms with E-state index in [4.69, 9.17) is 19.3 Å². The first-order valence-electron chi connectivity index (χ1n) is 16.5. The van der Waals surface area contributed by atoms with E-state index in [2.05, 4.69) is 154 Å². The summed E-state index contributed by atoms with van der Waals surface area (Å²) in [5, 5.41) is 5.65. The Bertz CT molecular complexity index is 2500. The van der Waals surface area contributed by atoms with Crippen molar-refractivity contribution in [1.29, 1.82) is 0 Å². The molecule has 0 amide bonds. The van der Waals surface area contributed by atoms with Gasteiger partial charge in [-0.05, 0) is 73.3 Å². The summed E-state index contributed by atoms with van der Waals surface area (Å²) in [6.07, 6.45) is 0. The van der Waals surface area contributed by atoms with Crippen molar-refractivity contribution < 1.29 is 9.31 Å². The van der Waals surface area contributed by atoms with Gasteiger partial charge in [-0.3, -0.25) is 4.57 Å². The molecule has 0 unspecified atom stereocenters. The minimum atomic E-state index is -0.463. The van der Waals surface area contributed by atoms with Crippen molar-refractivity contribution in [3.63, 3.8) is 0 Å². The maximum atomic E-state index is 6.49. The van der Waals surface area contributed by atoms with Crippen LogP contribution < -0.4 is 5.46 Å². The highest BCUT2D eigenvalue weighted by atomic mass is 16.7. The Hall–Kier alpha value is -5.30. The fraction of sp³-hybridized carbons (Fsp3) is 0.143. The molecular weight excluding hydrogens is 589 g/mol. The fourth-order valence-corrected chi connectivity index (χ4v) is 6.98. The smallest absolute Gasteiger partial charge is 0.399 e. The summed E-state index contributed by atoms with van der Waals surface area (Å²) < 4.78 is 15.2. The number of fused-ring (bicyclic) bond motifs is 6. The third-order valence-electron chi connectivity index (χ3n) is 10.3. The molecule has 1 saturated heterocycles. The SMILES string of the molecule is CC1(C)OB(c2ccc3c(c2)c2c4ccccc4ccc2n3-c2nc(-c3ccc(-c4ccccc4)cc3)c3ccccc3n2)OC1(C)C. The van der Waals surface area contributed by atoms with Crippen LogP contribution in [-0.4, -0.2) is 32.9 Å². The van der Waals surface area contributed by atoms with E-state index in [0.29, 0.717) is 5.95 Å². The van der Waals surface area contributed by atoms with Crippen molar-refractivity contribution >= 4 is 56.1 Å². The van der Waals surface area contributed by atoms with Gasteiger partial charge in [0, 0.05) is 21.7 Å². The standard InChI is InChI=1S/C42H34BN3O2/c1-41(2)42(3,4)48-43(47-41)31-23-25-36-34(26-31)38-32-15-9-8-14-29(32)22-24-37(38)46(36)40-44-35-17-11-10-16-33(35)39(45-40)30-20-18-28(19-21-30)27-12-6-5-7-13-27/h5-26H,1-4H3. The summed E-state index contributed by atoms with van der Waals surface area (Å²) >= 11 is 0. The molecule has 1 aliphatic heterocycles. The van der Waals surface area contributed by atoms with Gasteiger partial charge in [-0.2, -0.15) is 0 Å². The molecular formula is C42H34BN3O2. The Labute approximate surface area is 279 Å². The van der Waals surface area contributed by atoms with E-state index in [1.165, 1.54) is 21.9 Å². The van der Waals surface area contributed by atoms with Crippen LogP contribution in [0.15, 0.2) is 133 Å². The molecule has 232 valence electrons. The van der Waals surface area contributed by atoms with Gasteiger partial charge in [0.15, 0.2) is 0 Å². The Kier molecular flexibility index (Phi) is 6.39. The van der Waals surface area contributed by atoms with Gasteiger partial charge in [0.25, 0.3) is 0 Å². The monoisotopic (exact) mass is 623 g/mol. The highest BCUT2D eigenvalue weighted by molar-refractivity contribution is 6.62. The van der Waals surface area contributed by atoms with Crippen LogP contribution in [0.5, 0.6) is 0 Å². The van der Waals surface area contributed by atoms with Crippen LogP contribution in [0, 0.1) is 0 Å². The third-order valence-corrected chi connectivity index (χ3v) is 10.3. The predicted molar refractivity (Wildman–Crippen MR) is 198 cm³/mol. The van der Waals surface area contributed by atoms with E-state index in [-0.39, 0.29) is 0 Å². The molecule has 6 aromatic carbocycles. The quantitative estimate of drug-likeness (QED) is 0.183. The third kappa shape index (κ3) is 4.48. The van der Waals surface area contributed by atoms with Crippen molar-refractivity contribution in [2.75, 3.05) is 0 Å². The molecule has 5 nitrogen and oxygen atoms in total. The Morgan fingerprint density at radius 1 is 0.542 bits per heavy atom. The molecule has 0 atom stereocenters. The summed E-state index contributed by atoms with van der Waals surface area (Å²) in [6.45, 7) is 8.37. The lowest BCUT2D eigenvalue weighted by molar-refractivity contribution is 0.00578.